The Labute approximate surface area is 166 Å². The number of rotatable bonds is 5. The van der Waals surface area contributed by atoms with Crippen molar-refractivity contribution in [1.29, 1.82) is 0 Å². The van der Waals surface area contributed by atoms with Gasteiger partial charge in [0.25, 0.3) is 5.72 Å². The number of alkyl halides is 3. The van der Waals surface area contributed by atoms with Crippen molar-refractivity contribution in [2.45, 2.75) is 38.1 Å². The molecule has 0 spiro atoms. The van der Waals surface area contributed by atoms with Crippen LogP contribution in [0.25, 0.3) is 0 Å². The number of ether oxygens (including phenoxy) is 1. The Morgan fingerprint density at radius 1 is 1.14 bits per heavy atom. The molecule has 0 saturated carbocycles. The summed E-state index contributed by atoms with van der Waals surface area (Å²) < 4.78 is 46.0. The van der Waals surface area contributed by atoms with Crippen molar-refractivity contribution in [3.05, 3.63) is 65.2 Å². The van der Waals surface area contributed by atoms with Gasteiger partial charge >= 0.3 is 6.18 Å². The predicted molar refractivity (Wildman–Crippen MR) is 102 cm³/mol. The van der Waals surface area contributed by atoms with Crippen molar-refractivity contribution in [3.63, 3.8) is 0 Å². The van der Waals surface area contributed by atoms with Crippen LogP contribution < -0.4 is 4.74 Å². The highest BCUT2D eigenvalue weighted by molar-refractivity contribution is 6.03. The minimum Gasteiger partial charge on any atom is -0.497 e. The van der Waals surface area contributed by atoms with Gasteiger partial charge in [-0.15, -0.1) is 0 Å². The van der Waals surface area contributed by atoms with E-state index in [0.717, 1.165) is 12.0 Å². The molecule has 1 aliphatic rings. The summed E-state index contributed by atoms with van der Waals surface area (Å²) >= 11 is 0. The molecule has 3 rings (SSSR count). The van der Waals surface area contributed by atoms with E-state index < -0.39 is 24.2 Å². The second kappa shape index (κ2) is 7.87. The van der Waals surface area contributed by atoms with E-state index in [9.17, 15) is 23.1 Å². The lowest BCUT2D eigenvalue weighted by Gasteiger charge is -2.32. The van der Waals surface area contributed by atoms with Gasteiger partial charge in [-0.05, 0) is 35.2 Å². The number of hydrogen-bond acceptors (Lipinski definition) is 4. The molecule has 1 heterocycles. The predicted octanol–water partition coefficient (Wildman–Crippen LogP) is 3.69. The van der Waals surface area contributed by atoms with E-state index in [-0.39, 0.29) is 17.1 Å². The van der Waals surface area contributed by atoms with Crippen LogP contribution >= 0.6 is 0 Å². The summed E-state index contributed by atoms with van der Waals surface area (Å²) in [6.07, 6.45) is -5.44. The third kappa shape index (κ3) is 4.12. The van der Waals surface area contributed by atoms with E-state index in [1.807, 2.05) is 6.92 Å². The number of hydrogen-bond donors (Lipinski definition) is 1. The SMILES string of the molecule is CCc1ccc(C2=NN(C(=O)Cc3ccc(OC)cc3)[C@](O)(C(F)(F)F)C2)cc1. The summed E-state index contributed by atoms with van der Waals surface area (Å²) in [5.41, 5.74) is -1.43. The van der Waals surface area contributed by atoms with E-state index in [2.05, 4.69) is 5.10 Å². The fourth-order valence-electron chi connectivity index (χ4n) is 3.12. The van der Waals surface area contributed by atoms with E-state index in [0.29, 0.717) is 16.9 Å². The zero-order valence-corrected chi connectivity index (χ0v) is 16.0. The Morgan fingerprint density at radius 2 is 1.72 bits per heavy atom. The monoisotopic (exact) mass is 406 g/mol. The Balaban J connectivity index is 1.90. The minimum absolute atomic E-state index is 0.00978. The average molecular weight is 406 g/mol. The zero-order valence-electron chi connectivity index (χ0n) is 16.0. The van der Waals surface area contributed by atoms with Gasteiger partial charge < -0.3 is 9.84 Å². The fourth-order valence-corrected chi connectivity index (χ4v) is 3.12. The number of amides is 1. The first-order valence-electron chi connectivity index (χ1n) is 9.10. The summed E-state index contributed by atoms with van der Waals surface area (Å²) in [5.74, 6) is -0.389. The number of aryl methyl sites for hydroxylation is 1. The number of carbonyl (C=O) groups is 1. The number of nitrogens with zero attached hydrogens (tertiary/aromatic N) is 2. The molecule has 0 unspecified atom stereocenters. The highest BCUT2D eigenvalue weighted by Gasteiger charge is 2.63. The van der Waals surface area contributed by atoms with Crippen molar-refractivity contribution in [3.8, 4) is 5.75 Å². The van der Waals surface area contributed by atoms with Gasteiger partial charge in [-0.2, -0.15) is 23.3 Å². The van der Waals surface area contributed by atoms with Crippen molar-refractivity contribution in [2.75, 3.05) is 7.11 Å². The number of carbonyl (C=O) groups excluding carboxylic acids is 1. The van der Waals surface area contributed by atoms with Gasteiger partial charge in [-0.25, -0.2) is 0 Å². The first-order valence-corrected chi connectivity index (χ1v) is 9.10. The Bertz CT molecular complexity index is 908. The van der Waals surface area contributed by atoms with Crippen LogP contribution in [0.1, 0.15) is 30.0 Å². The van der Waals surface area contributed by atoms with Crippen molar-refractivity contribution < 1.29 is 27.8 Å². The van der Waals surface area contributed by atoms with Gasteiger partial charge in [0.15, 0.2) is 0 Å². The van der Waals surface area contributed by atoms with Gasteiger partial charge in [0.05, 0.1) is 25.7 Å². The molecule has 29 heavy (non-hydrogen) atoms. The van der Waals surface area contributed by atoms with Crippen LogP contribution in [0.4, 0.5) is 13.2 Å². The van der Waals surface area contributed by atoms with Crippen molar-refractivity contribution in [1.82, 2.24) is 5.01 Å². The molecule has 8 heteroatoms. The third-order valence-corrected chi connectivity index (χ3v) is 4.89. The van der Waals surface area contributed by atoms with Crippen molar-refractivity contribution >= 4 is 11.6 Å². The Morgan fingerprint density at radius 3 is 2.24 bits per heavy atom. The molecule has 5 nitrogen and oxygen atoms in total. The number of hydrazone groups is 1. The van der Waals surface area contributed by atoms with Crippen LogP contribution in [-0.2, 0) is 17.6 Å². The van der Waals surface area contributed by atoms with Gasteiger partial charge in [0, 0.05) is 0 Å². The second-order valence-electron chi connectivity index (χ2n) is 6.82. The summed E-state index contributed by atoms with van der Waals surface area (Å²) in [6.45, 7) is 1.96. The molecule has 1 amide bonds. The van der Waals surface area contributed by atoms with Crippen LogP contribution in [-0.4, -0.2) is 40.7 Å². The van der Waals surface area contributed by atoms with Crippen LogP contribution in [0, 0.1) is 0 Å². The molecule has 1 aliphatic heterocycles. The highest BCUT2D eigenvalue weighted by Crippen LogP contribution is 2.41. The van der Waals surface area contributed by atoms with Crippen LogP contribution in [0.3, 0.4) is 0 Å². The first-order chi connectivity index (χ1) is 13.7. The van der Waals surface area contributed by atoms with Gasteiger partial charge in [0.1, 0.15) is 5.75 Å². The summed E-state index contributed by atoms with van der Waals surface area (Å²) in [5, 5.41) is 14.4. The first kappa shape index (κ1) is 20.9. The normalized spacial score (nSPS) is 19.2. The molecular formula is C21H21F3N2O3. The Kier molecular flexibility index (Phi) is 5.66. The zero-order chi connectivity index (χ0) is 21.2. The molecule has 0 aliphatic carbocycles. The topological polar surface area (TPSA) is 62.1 Å². The van der Waals surface area contributed by atoms with Crippen LogP contribution in [0.2, 0.25) is 0 Å². The molecule has 2 aromatic carbocycles. The molecule has 1 N–H and O–H groups in total. The molecule has 0 aromatic heterocycles. The van der Waals surface area contributed by atoms with E-state index in [1.165, 1.54) is 7.11 Å². The molecule has 154 valence electrons. The number of methoxy groups -OCH3 is 1. The summed E-state index contributed by atoms with van der Waals surface area (Å²) in [6, 6.07) is 13.2. The number of aliphatic hydroxyl groups is 1. The molecular weight excluding hydrogens is 385 g/mol. The largest absolute Gasteiger partial charge is 0.497 e. The van der Waals surface area contributed by atoms with Crippen molar-refractivity contribution in [2.24, 2.45) is 5.10 Å². The Hall–Kier alpha value is -2.87. The second-order valence-corrected chi connectivity index (χ2v) is 6.82. The van der Waals surface area contributed by atoms with E-state index in [4.69, 9.17) is 4.74 Å². The average Bonchev–Trinajstić information content (AvgIpc) is 3.07. The lowest BCUT2D eigenvalue weighted by Crippen LogP contribution is -2.57. The molecule has 2 aromatic rings. The van der Waals surface area contributed by atoms with Gasteiger partial charge in [-0.1, -0.05) is 43.3 Å². The highest BCUT2D eigenvalue weighted by atomic mass is 19.4. The quantitative estimate of drug-likeness (QED) is 0.824. The maximum atomic E-state index is 13.7. The molecule has 1 atom stereocenters. The van der Waals surface area contributed by atoms with Crippen LogP contribution in [0.5, 0.6) is 5.75 Å². The maximum Gasteiger partial charge on any atom is 0.438 e. The van der Waals surface area contributed by atoms with E-state index >= 15 is 0 Å². The number of halogens is 3. The molecule has 0 radical (unpaired) electrons. The van der Waals surface area contributed by atoms with E-state index in [1.54, 1.807) is 48.5 Å². The van der Waals surface area contributed by atoms with Gasteiger partial charge in [-0.3, -0.25) is 4.79 Å². The summed E-state index contributed by atoms with van der Waals surface area (Å²) in [7, 11) is 1.48. The minimum atomic E-state index is -5.06. The lowest BCUT2D eigenvalue weighted by atomic mass is 9.99. The maximum absolute atomic E-state index is 13.7. The summed E-state index contributed by atoms with van der Waals surface area (Å²) in [4.78, 5) is 12.6. The molecule has 0 bridgehead atoms. The van der Waals surface area contributed by atoms with Crippen LogP contribution in [0.15, 0.2) is 53.6 Å². The molecule has 0 saturated heterocycles. The smallest absolute Gasteiger partial charge is 0.438 e. The standard InChI is InChI=1S/C21H21F3N2O3/c1-3-14-4-8-16(9-5-14)18-13-20(28,21(22,23)24)26(25-18)19(27)12-15-6-10-17(29-2)11-7-15/h4-11,28H,3,12-13H2,1-2H3/t20-/m1/s1. The third-order valence-electron chi connectivity index (χ3n) is 4.89. The molecule has 0 fully saturated rings. The lowest BCUT2D eigenvalue weighted by molar-refractivity contribution is -0.302. The fraction of sp³-hybridized carbons (Fsp3) is 0.333. The number of benzene rings is 2. The van der Waals surface area contributed by atoms with Gasteiger partial charge in [0.2, 0.25) is 5.91 Å².